The van der Waals surface area contributed by atoms with Crippen molar-refractivity contribution in [3.8, 4) is 11.6 Å². The summed E-state index contributed by atoms with van der Waals surface area (Å²) in [4.78, 5) is 28.1. The Morgan fingerprint density at radius 3 is 2.14 bits per heavy atom. The Morgan fingerprint density at radius 1 is 0.946 bits per heavy atom. The number of carbonyl (C=O) groups is 2. The van der Waals surface area contributed by atoms with Crippen LogP contribution in [-0.4, -0.2) is 24.0 Å². The number of aromatic nitrogens is 1. The third-order valence-corrected chi connectivity index (χ3v) is 4.68. The Kier molecular flexibility index (Phi) is 7.89. The van der Waals surface area contributed by atoms with Crippen LogP contribution in [0.1, 0.15) is 27.0 Å². The normalized spacial score (nSPS) is 11.6. The molecule has 0 saturated heterocycles. The predicted octanol–water partition coefficient (Wildman–Crippen LogP) is 5.81. The second-order valence-corrected chi connectivity index (χ2v) is 7.31. The van der Waals surface area contributed by atoms with E-state index in [1.54, 1.807) is 0 Å². The number of amides is 3. The van der Waals surface area contributed by atoms with E-state index in [0.717, 1.165) is 12.3 Å². The summed E-state index contributed by atoms with van der Waals surface area (Å²) in [5.41, 5.74) is -3.82. The molecule has 0 aliphatic heterocycles. The molecule has 3 amide bonds. The highest BCUT2D eigenvalue weighted by atomic mass is 19.4. The second kappa shape index (κ2) is 10.7. The van der Waals surface area contributed by atoms with Crippen molar-refractivity contribution in [1.29, 1.82) is 0 Å². The van der Waals surface area contributed by atoms with E-state index in [2.05, 4.69) is 10.3 Å². The average molecular weight is 531 g/mol. The molecule has 0 atom stereocenters. The van der Waals surface area contributed by atoms with Crippen LogP contribution in [0.25, 0.3) is 0 Å². The van der Waals surface area contributed by atoms with Gasteiger partial charge in [0, 0.05) is 6.07 Å². The quantitative estimate of drug-likeness (QED) is 0.392. The fraction of sp³-hybridized carbons (Fsp3) is 0.174. The van der Waals surface area contributed by atoms with Gasteiger partial charge in [0.1, 0.15) is 23.7 Å². The fourth-order valence-electron chi connectivity index (χ4n) is 3.02. The SMILES string of the molecule is COc1cccc(F)c1C(=O)NC(=O)Nc1ccc(OCc2cc(C(F)(F)F)cc(C(F)(F)F)c2)nc1. The maximum atomic E-state index is 14.0. The number of hydrogen-bond donors (Lipinski definition) is 2. The molecule has 0 aliphatic carbocycles. The zero-order valence-corrected chi connectivity index (χ0v) is 18.6. The fourth-order valence-corrected chi connectivity index (χ4v) is 3.02. The zero-order chi connectivity index (χ0) is 27.4. The number of ether oxygens (including phenoxy) is 2. The van der Waals surface area contributed by atoms with Gasteiger partial charge in [-0.2, -0.15) is 26.3 Å². The van der Waals surface area contributed by atoms with E-state index in [0.29, 0.717) is 12.1 Å². The lowest BCUT2D eigenvalue weighted by molar-refractivity contribution is -0.143. The van der Waals surface area contributed by atoms with Crippen LogP contribution < -0.4 is 20.1 Å². The number of rotatable bonds is 6. The second-order valence-electron chi connectivity index (χ2n) is 7.31. The third kappa shape index (κ3) is 7.08. The Bertz CT molecular complexity index is 1260. The number of imide groups is 1. The van der Waals surface area contributed by atoms with Crippen molar-refractivity contribution in [2.45, 2.75) is 19.0 Å². The summed E-state index contributed by atoms with van der Waals surface area (Å²) >= 11 is 0. The van der Waals surface area contributed by atoms with Crippen LogP contribution in [0.3, 0.4) is 0 Å². The first-order valence-corrected chi connectivity index (χ1v) is 10.1. The lowest BCUT2D eigenvalue weighted by Gasteiger charge is -2.14. The van der Waals surface area contributed by atoms with E-state index >= 15 is 0 Å². The average Bonchev–Trinajstić information content (AvgIpc) is 2.82. The van der Waals surface area contributed by atoms with Crippen LogP contribution in [0.4, 0.5) is 41.2 Å². The van der Waals surface area contributed by atoms with Crippen molar-refractivity contribution in [3.63, 3.8) is 0 Å². The monoisotopic (exact) mass is 531 g/mol. The smallest absolute Gasteiger partial charge is 0.416 e. The molecule has 0 spiro atoms. The molecule has 2 aromatic carbocycles. The molecule has 0 radical (unpaired) electrons. The summed E-state index contributed by atoms with van der Waals surface area (Å²) in [5, 5.41) is 4.15. The summed E-state index contributed by atoms with van der Waals surface area (Å²) in [6, 6.07) is 6.05. The summed E-state index contributed by atoms with van der Waals surface area (Å²) in [6.07, 6.45) is -8.95. The number of alkyl halides is 6. The van der Waals surface area contributed by atoms with Gasteiger partial charge in [-0.25, -0.2) is 14.2 Å². The topological polar surface area (TPSA) is 89.5 Å². The van der Waals surface area contributed by atoms with E-state index in [-0.39, 0.29) is 23.4 Å². The number of anilines is 1. The van der Waals surface area contributed by atoms with Crippen LogP contribution in [-0.2, 0) is 19.0 Å². The molecule has 1 heterocycles. The largest absolute Gasteiger partial charge is 0.496 e. The zero-order valence-electron chi connectivity index (χ0n) is 18.6. The van der Waals surface area contributed by atoms with Gasteiger partial charge in [0.15, 0.2) is 0 Å². The van der Waals surface area contributed by atoms with Gasteiger partial charge in [-0.1, -0.05) is 6.07 Å². The molecular weight excluding hydrogens is 515 g/mol. The molecule has 14 heteroatoms. The number of methoxy groups -OCH3 is 1. The van der Waals surface area contributed by atoms with Crippen LogP contribution in [0, 0.1) is 5.82 Å². The standard InChI is InChI=1S/C23H16F7N3O4/c1-36-17-4-2-3-16(24)19(17)20(34)33-21(35)32-15-5-6-18(31-10-15)37-11-12-7-13(22(25,26)27)9-14(8-12)23(28,29)30/h2-10H,11H2,1H3,(H2,32,33,34,35). The molecule has 0 saturated carbocycles. The van der Waals surface area contributed by atoms with Crippen molar-refractivity contribution in [3.05, 3.63) is 82.8 Å². The molecule has 37 heavy (non-hydrogen) atoms. The summed E-state index contributed by atoms with van der Waals surface area (Å²) < 4.78 is 102. The molecule has 2 N–H and O–H groups in total. The molecule has 0 bridgehead atoms. The lowest BCUT2D eigenvalue weighted by Crippen LogP contribution is -2.35. The Hall–Kier alpha value is -4.36. The van der Waals surface area contributed by atoms with Crippen LogP contribution >= 0.6 is 0 Å². The number of hydrogen-bond acceptors (Lipinski definition) is 5. The van der Waals surface area contributed by atoms with Gasteiger partial charge in [0.05, 0.1) is 30.1 Å². The first-order chi connectivity index (χ1) is 17.3. The van der Waals surface area contributed by atoms with E-state index in [9.17, 15) is 40.3 Å². The molecule has 7 nitrogen and oxygen atoms in total. The lowest BCUT2D eigenvalue weighted by atomic mass is 10.1. The number of pyridine rings is 1. The van der Waals surface area contributed by atoms with Crippen molar-refractivity contribution in [1.82, 2.24) is 10.3 Å². The number of carbonyl (C=O) groups excluding carboxylic acids is 2. The number of nitrogens with zero attached hydrogens (tertiary/aromatic N) is 1. The minimum absolute atomic E-state index is 0.000262. The highest BCUT2D eigenvalue weighted by Crippen LogP contribution is 2.36. The van der Waals surface area contributed by atoms with Crippen LogP contribution in [0.5, 0.6) is 11.6 Å². The molecule has 3 aromatic rings. The van der Waals surface area contributed by atoms with Gasteiger partial charge in [-0.15, -0.1) is 0 Å². The summed E-state index contributed by atoms with van der Waals surface area (Å²) in [7, 11) is 1.21. The Morgan fingerprint density at radius 2 is 1.59 bits per heavy atom. The summed E-state index contributed by atoms with van der Waals surface area (Å²) in [5.74, 6) is -2.28. The minimum atomic E-state index is -5.00. The van der Waals surface area contributed by atoms with Crippen LogP contribution in [0.15, 0.2) is 54.7 Å². The third-order valence-electron chi connectivity index (χ3n) is 4.68. The maximum absolute atomic E-state index is 14.0. The van der Waals surface area contributed by atoms with Gasteiger partial charge in [-0.3, -0.25) is 10.1 Å². The Balaban J connectivity index is 1.64. The molecular formula is C23H16F7N3O4. The highest BCUT2D eigenvalue weighted by Gasteiger charge is 2.37. The molecule has 0 fully saturated rings. The van der Waals surface area contributed by atoms with E-state index in [1.807, 2.05) is 5.32 Å². The van der Waals surface area contributed by atoms with Gasteiger partial charge in [0.2, 0.25) is 5.88 Å². The van der Waals surface area contributed by atoms with Gasteiger partial charge < -0.3 is 14.8 Å². The first-order valence-electron chi connectivity index (χ1n) is 10.1. The van der Waals surface area contributed by atoms with Gasteiger partial charge in [0.25, 0.3) is 5.91 Å². The molecule has 0 unspecified atom stereocenters. The molecule has 0 aliphatic rings. The van der Waals surface area contributed by atoms with E-state index in [1.165, 1.54) is 31.4 Å². The Labute approximate surface area is 204 Å². The number of urea groups is 1. The van der Waals surface area contributed by atoms with E-state index < -0.39 is 59.0 Å². The van der Waals surface area contributed by atoms with Crippen molar-refractivity contribution >= 4 is 17.6 Å². The number of nitrogens with one attached hydrogen (secondary N) is 2. The predicted molar refractivity (Wildman–Crippen MR) is 114 cm³/mol. The number of halogens is 7. The van der Waals surface area contributed by atoms with Crippen molar-refractivity contribution in [2.75, 3.05) is 12.4 Å². The molecule has 3 rings (SSSR count). The van der Waals surface area contributed by atoms with Gasteiger partial charge in [-0.05, 0) is 42.0 Å². The maximum Gasteiger partial charge on any atom is 0.416 e. The molecule has 196 valence electrons. The van der Waals surface area contributed by atoms with Crippen LogP contribution in [0.2, 0.25) is 0 Å². The van der Waals surface area contributed by atoms with Gasteiger partial charge >= 0.3 is 18.4 Å². The first kappa shape index (κ1) is 27.2. The summed E-state index contributed by atoms with van der Waals surface area (Å²) in [6.45, 7) is -0.660. The number of benzene rings is 2. The van der Waals surface area contributed by atoms with Crippen molar-refractivity contribution < 1.29 is 49.8 Å². The van der Waals surface area contributed by atoms with Crippen molar-refractivity contribution in [2.24, 2.45) is 0 Å². The minimum Gasteiger partial charge on any atom is -0.496 e. The molecule has 1 aromatic heterocycles. The van der Waals surface area contributed by atoms with E-state index in [4.69, 9.17) is 9.47 Å². The highest BCUT2D eigenvalue weighted by molar-refractivity contribution is 6.09.